The molecule has 0 spiro atoms. The highest BCUT2D eigenvalue weighted by Crippen LogP contribution is 2.11. The lowest BCUT2D eigenvalue weighted by molar-refractivity contribution is -0.121. The minimum Gasteiger partial charge on any atom is -0.379 e. The summed E-state index contributed by atoms with van der Waals surface area (Å²) in [6, 6.07) is 0. The lowest BCUT2D eigenvalue weighted by Crippen LogP contribution is -2.25. The molecular formula is C35H64N2O4. The van der Waals surface area contributed by atoms with E-state index in [4.69, 9.17) is 19.9 Å². The minimum atomic E-state index is 0.146. The van der Waals surface area contributed by atoms with Crippen molar-refractivity contribution in [3.8, 4) is 23.7 Å². The number of hydrogen-bond donors (Lipinski definition) is 2. The first-order chi connectivity index (χ1) is 20.3. The second-order valence-corrected chi connectivity index (χ2v) is 10.8. The fourth-order valence-corrected chi connectivity index (χ4v) is 4.34. The Bertz CT molecular complexity index is 663. The minimum absolute atomic E-state index is 0.146. The van der Waals surface area contributed by atoms with Gasteiger partial charge in [-0.2, -0.15) is 0 Å². The first-order valence-electron chi connectivity index (χ1n) is 17.0. The number of carbonyl (C=O) groups is 1. The van der Waals surface area contributed by atoms with Gasteiger partial charge in [-0.15, -0.1) is 0 Å². The Morgan fingerprint density at radius 2 is 1.00 bits per heavy atom. The van der Waals surface area contributed by atoms with Gasteiger partial charge in [-0.3, -0.25) is 4.79 Å². The quantitative estimate of drug-likeness (QED) is 0.0667. The van der Waals surface area contributed by atoms with Crippen LogP contribution in [-0.4, -0.2) is 58.6 Å². The lowest BCUT2D eigenvalue weighted by atomic mass is 10.1. The standard InChI is InChI=1S/C35H64N2O4/c1-2-3-4-5-6-7-8-9-10-11-12-13-14-15-16-17-18-19-20-21-22-23-26-35(38)37-28-25-30-40-32-34-41-33-31-39-29-24-27-36/h2-12,17-34,36H2,1H3,(H,37,38). The van der Waals surface area contributed by atoms with Crippen molar-refractivity contribution in [3.63, 3.8) is 0 Å². The SMILES string of the molecule is CCCCCCCCCCCCC#CC#CCCCCCCCCC(=O)NCCCOCCOCCOCCCN. The van der Waals surface area contributed by atoms with Crippen molar-refractivity contribution in [2.45, 2.75) is 142 Å². The normalized spacial score (nSPS) is 10.6. The fourth-order valence-electron chi connectivity index (χ4n) is 4.34. The maximum atomic E-state index is 11.9. The number of amides is 1. The molecule has 6 heteroatoms. The molecule has 0 rings (SSSR count). The number of unbranched alkanes of at least 4 members (excludes halogenated alkanes) is 16. The molecule has 3 N–H and O–H groups in total. The molecule has 0 aromatic carbocycles. The molecule has 0 saturated heterocycles. The summed E-state index contributed by atoms with van der Waals surface area (Å²) in [5.74, 6) is 12.6. The number of nitrogens with two attached hydrogens (primary N) is 1. The Morgan fingerprint density at radius 1 is 0.561 bits per heavy atom. The van der Waals surface area contributed by atoms with Crippen LogP contribution in [0.4, 0.5) is 0 Å². The highest BCUT2D eigenvalue weighted by molar-refractivity contribution is 5.75. The van der Waals surface area contributed by atoms with Crippen LogP contribution in [0.15, 0.2) is 0 Å². The van der Waals surface area contributed by atoms with Gasteiger partial charge in [0, 0.05) is 39.0 Å². The molecular weight excluding hydrogens is 512 g/mol. The van der Waals surface area contributed by atoms with Crippen LogP contribution < -0.4 is 11.1 Å². The maximum absolute atomic E-state index is 11.9. The predicted molar refractivity (Wildman–Crippen MR) is 173 cm³/mol. The van der Waals surface area contributed by atoms with Crippen molar-refractivity contribution in [1.29, 1.82) is 0 Å². The Kier molecular flexibility index (Phi) is 35.1. The monoisotopic (exact) mass is 576 g/mol. The smallest absolute Gasteiger partial charge is 0.219 e. The van der Waals surface area contributed by atoms with Crippen molar-refractivity contribution in [2.75, 3.05) is 52.7 Å². The summed E-state index contributed by atoms with van der Waals surface area (Å²) in [7, 11) is 0. The van der Waals surface area contributed by atoms with E-state index in [1.54, 1.807) is 0 Å². The molecule has 0 atom stereocenters. The third-order valence-electron chi connectivity index (χ3n) is 6.87. The van der Waals surface area contributed by atoms with Gasteiger partial charge < -0.3 is 25.3 Å². The molecule has 0 unspecified atom stereocenters. The highest BCUT2D eigenvalue weighted by atomic mass is 16.5. The molecule has 0 aliphatic carbocycles. The fraction of sp³-hybridized carbons (Fsp3) is 0.857. The Hall–Kier alpha value is -1.57. The van der Waals surface area contributed by atoms with E-state index < -0.39 is 0 Å². The van der Waals surface area contributed by atoms with Crippen LogP contribution in [0, 0.1) is 23.7 Å². The molecule has 0 radical (unpaired) electrons. The second-order valence-electron chi connectivity index (χ2n) is 10.8. The Balaban J connectivity index is 3.28. The number of carbonyl (C=O) groups excluding carboxylic acids is 1. The Labute approximate surface area is 254 Å². The van der Waals surface area contributed by atoms with E-state index in [1.165, 1.54) is 83.5 Å². The van der Waals surface area contributed by atoms with Gasteiger partial charge in [-0.05, 0) is 50.5 Å². The summed E-state index contributed by atoms with van der Waals surface area (Å²) in [6.07, 6.45) is 24.7. The van der Waals surface area contributed by atoms with Crippen LogP contribution >= 0.6 is 0 Å². The molecule has 6 nitrogen and oxygen atoms in total. The van der Waals surface area contributed by atoms with Crippen molar-refractivity contribution < 1.29 is 19.0 Å². The highest BCUT2D eigenvalue weighted by Gasteiger charge is 2.01. The van der Waals surface area contributed by atoms with Crippen molar-refractivity contribution in [2.24, 2.45) is 5.73 Å². The van der Waals surface area contributed by atoms with Crippen molar-refractivity contribution >= 4 is 5.91 Å². The van der Waals surface area contributed by atoms with Crippen LogP contribution in [0.5, 0.6) is 0 Å². The molecule has 0 fully saturated rings. The number of hydrogen-bond acceptors (Lipinski definition) is 5. The molecule has 0 saturated carbocycles. The molecule has 41 heavy (non-hydrogen) atoms. The third kappa shape index (κ3) is 36.4. The van der Waals surface area contributed by atoms with Gasteiger partial charge in [0.15, 0.2) is 0 Å². The lowest BCUT2D eigenvalue weighted by Gasteiger charge is -2.07. The largest absolute Gasteiger partial charge is 0.379 e. The van der Waals surface area contributed by atoms with E-state index in [0.29, 0.717) is 59.2 Å². The van der Waals surface area contributed by atoms with E-state index in [1.807, 2.05) is 0 Å². The van der Waals surface area contributed by atoms with Crippen molar-refractivity contribution in [1.82, 2.24) is 5.32 Å². The number of nitrogens with one attached hydrogen (secondary N) is 1. The first-order valence-corrected chi connectivity index (χ1v) is 17.0. The molecule has 0 aromatic heterocycles. The van der Waals surface area contributed by atoms with Crippen LogP contribution in [0.25, 0.3) is 0 Å². The molecule has 1 amide bonds. The van der Waals surface area contributed by atoms with E-state index in [9.17, 15) is 4.79 Å². The van der Waals surface area contributed by atoms with Crippen LogP contribution in [0.1, 0.15) is 142 Å². The van der Waals surface area contributed by atoms with Gasteiger partial charge in [0.05, 0.1) is 26.4 Å². The molecule has 0 aliphatic rings. The predicted octanol–water partition coefficient (Wildman–Crippen LogP) is 7.33. The van der Waals surface area contributed by atoms with E-state index >= 15 is 0 Å². The van der Waals surface area contributed by atoms with Crippen LogP contribution in [0.2, 0.25) is 0 Å². The summed E-state index contributed by atoms with van der Waals surface area (Å²) < 4.78 is 16.3. The van der Waals surface area contributed by atoms with E-state index in [-0.39, 0.29) is 5.91 Å². The van der Waals surface area contributed by atoms with Crippen LogP contribution in [0.3, 0.4) is 0 Å². The van der Waals surface area contributed by atoms with Gasteiger partial charge in [0.2, 0.25) is 5.91 Å². The van der Waals surface area contributed by atoms with Gasteiger partial charge in [0.1, 0.15) is 0 Å². The second kappa shape index (κ2) is 36.5. The first kappa shape index (κ1) is 39.4. The summed E-state index contributed by atoms with van der Waals surface area (Å²) >= 11 is 0. The van der Waals surface area contributed by atoms with E-state index in [0.717, 1.165) is 44.9 Å². The third-order valence-corrected chi connectivity index (χ3v) is 6.87. The van der Waals surface area contributed by atoms with Gasteiger partial charge in [-0.25, -0.2) is 0 Å². The number of ether oxygens (including phenoxy) is 3. The average molecular weight is 577 g/mol. The molecule has 0 aromatic rings. The summed E-state index contributed by atoms with van der Waals surface area (Å²) in [5, 5.41) is 2.98. The molecule has 238 valence electrons. The zero-order chi connectivity index (χ0) is 29.7. The van der Waals surface area contributed by atoms with Gasteiger partial charge >= 0.3 is 0 Å². The molecule has 0 heterocycles. The summed E-state index contributed by atoms with van der Waals surface area (Å²) in [4.78, 5) is 11.9. The van der Waals surface area contributed by atoms with Gasteiger partial charge in [-0.1, -0.05) is 102 Å². The zero-order valence-electron chi connectivity index (χ0n) is 26.7. The maximum Gasteiger partial charge on any atom is 0.219 e. The summed E-state index contributed by atoms with van der Waals surface area (Å²) in [6.45, 7) is 7.22. The topological polar surface area (TPSA) is 82.8 Å². The Morgan fingerprint density at radius 3 is 1.51 bits per heavy atom. The van der Waals surface area contributed by atoms with E-state index in [2.05, 4.69) is 35.9 Å². The number of rotatable bonds is 31. The zero-order valence-corrected chi connectivity index (χ0v) is 26.7. The van der Waals surface area contributed by atoms with Gasteiger partial charge in [0.25, 0.3) is 0 Å². The van der Waals surface area contributed by atoms with Crippen LogP contribution in [-0.2, 0) is 19.0 Å². The average Bonchev–Trinajstić information content (AvgIpc) is 2.98. The summed E-state index contributed by atoms with van der Waals surface area (Å²) in [5.41, 5.74) is 5.40. The van der Waals surface area contributed by atoms with Crippen molar-refractivity contribution in [3.05, 3.63) is 0 Å². The molecule has 0 bridgehead atoms. The molecule has 0 aliphatic heterocycles.